The predicted octanol–water partition coefficient (Wildman–Crippen LogP) is 8.12. The van der Waals surface area contributed by atoms with Crippen LogP contribution in [0.1, 0.15) is 209 Å². The van der Waals surface area contributed by atoms with Crippen molar-refractivity contribution in [3.8, 4) is 0 Å². The van der Waals surface area contributed by atoms with Crippen LogP contribution >= 0.6 is 11.6 Å². The van der Waals surface area contributed by atoms with Crippen molar-refractivity contribution in [2.45, 2.75) is 293 Å². The summed E-state index contributed by atoms with van der Waals surface area (Å²) in [6.07, 6.45) is -7.11. The van der Waals surface area contributed by atoms with Crippen molar-refractivity contribution >= 4 is 82.5 Å². The molecule has 4 saturated carbocycles. The summed E-state index contributed by atoms with van der Waals surface area (Å²) in [5.41, 5.74) is -1.79. The molecule has 3 N–H and O–H groups in total. The van der Waals surface area contributed by atoms with Crippen LogP contribution in [0.3, 0.4) is 0 Å². The highest BCUT2D eigenvalue weighted by atomic mass is 35.5. The van der Waals surface area contributed by atoms with Crippen molar-refractivity contribution < 1.29 is 88.6 Å². The third-order valence-electron chi connectivity index (χ3n) is 24.9. The molecular weight excluding hydrogens is 1450 g/mol. The highest BCUT2D eigenvalue weighted by molar-refractivity contribution is 6.21. The summed E-state index contributed by atoms with van der Waals surface area (Å²) >= 11 is 6.44. The molecule has 2 heterocycles. The van der Waals surface area contributed by atoms with E-state index in [0.29, 0.717) is 25.2 Å². The zero-order valence-corrected chi connectivity index (χ0v) is 68.1. The molecule has 0 aromatic rings. The SMILES string of the molecule is CC[C@H](C)[C@@H]1NC(=O)[C@H](CC(C)C)N(C)C(=O)C[C@@H](C(=O)N(C)C)N(C)C(=O)[C@H]([C@@H](C)CC)N(C)C(=O)C2(CCCC2)NC(=O)[C@H](CC2CCCC(OC(F)(F)F)C2)N(C)C(=O)[C@H](CCC2CCC(C(F)(F)F)C(Cl)C2)NC(=O)CN(C)C(=O)[C@H](CC2CCC(C)CC2)N(C)C(=O)[C@@H]2CCN2C(=O)[C@H](C)N(C)C1=O. The number of carbonyl (C=O) groups excluding carboxylic acids is 12. The van der Waals surface area contributed by atoms with Crippen molar-refractivity contribution in [3.63, 3.8) is 0 Å². The Bertz CT molecular complexity index is 3190. The molecule has 109 heavy (non-hydrogen) atoms. The van der Waals surface area contributed by atoms with Gasteiger partial charge in [-0.15, -0.1) is 24.8 Å². The van der Waals surface area contributed by atoms with E-state index in [0.717, 1.165) is 40.4 Å². The van der Waals surface area contributed by atoms with Gasteiger partial charge in [-0.1, -0.05) is 113 Å². The molecule has 6 aliphatic rings. The molecule has 1 spiro atoms. The number of nitrogens with one attached hydrogen (secondary N) is 3. The summed E-state index contributed by atoms with van der Waals surface area (Å²) in [5.74, 6) is -12.9. The van der Waals surface area contributed by atoms with Gasteiger partial charge in [-0.05, 0) is 132 Å². The average Bonchev–Trinajstić information content (AvgIpc) is 1.74. The number of carbonyl (C=O) groups is 12. The molecule has 2 aliphatic heterocycles. The summed E-state index contributed by atoms with van der Waals surface area (Å²) in [6, 6.07) is -12.1. The average molecular weight is 1580 g/mol. The first kappa shape index (κ1) is 91.3. The van der Waals surface area contributed by atoms with Crippen LogP contribution in [0.2, 0.25) is 0 Å². The smallest absolute Gasteiger partial charge is 0.347 e. The van der Waals surface area contributed by atoms with Crippen molar-refractivity contribution in [3.05, 3.63) is 0 Å². The Morgan fingerprint density at radius 2 is 1.20 bits per heavy atom. The number of hydrogen-bond donors (Lipinski definition) is 3. The molecule has 5 unspecified atom stereocenters. The van der Waals surface area contributed by atoms with Crippen LogP contribution in [0.25, 0.3) is 0 Å². The summed E-state index contributed by atoms with van der Waals surface area (Å²) in [4.78, 5) is 192. The number of fused-ring (bicyclic) bond motifs is 1. The number of halogens is 7. The van der Waals surface area contributed by atoms with Crippen molar-refractivity contribution in [2.24, 2.45) is 47.3 Å². The van der Waals surface area contributed by atoms with E-state index in [1.54, 1.807) is 20.8 Å². The van der Waals surface area contributed by atoms with Crippen molar-refractivity contribution in [1.29, 1.82) is 0 Å². The lowest BCUT2D eigenvalue weighted by molar-refractivity contribution is -0.346. The van der Waals surface area contributed by atoms with Crippen LogP contribution in [-0.4, -0.2) is 275 Å². The number of ether oxygens (including phenoxy) is 1. The second kappa shape index (κ2) is 39.3. The van der Waals surface area contributed by atoms with Gasteiger partial charge in [-0.3, -0.25) is 62.3 Å². The van der Waals surface area contributed by atoms with Gasteiger partial charge in [0.1, 0.15) is 59.9 Å². The molecule has 620 valence electrons. The zero-order chi connectivity index (χ0) is 81.8. The number of rotatable bonds is 15. The number of alkyl halides is 7. The number of nitrogens with zero attached hydrogens (tertiary/aromatic N) is 9. The van der Waals surface area contributed by atoms with Crippen LogP contribution in [0.15, 0.2) is 0 Å². The van der Waals surface area contributed by atoms with Crippen LogP contribution < -0.4 is 16.0 Å². The fraction of sp³-hybridized carbons (Fsp3) is 0.844. The van der Waals surface area contributed by atoms with E-state index in [2.05, 4.69) is 27.6 Å². The summed E-state index contributed by atoms with van der Waals surface area (Å²) in [6.45, 7) is 13.7. The molecule has 0 radical (unpaired) electrons. The van der Waals surface area contributed by atoms with Gasteiger partial charge in [0.05, 0.1) is 25.0 Å². The highest BCUT2D eigenvalue weighted by Crippen LogP contribution is 2.44. The minimum absolute atomic E-state index is 0.0106. The van der Waals surface area contributed by atoms with Crippen molar-refractivity contribution in [2.75, 3.05) is 76.5 Å². The van der Waals surface area contributed by atoms with E-state index in [1.165, 1.54) is 99.8 Å². The van der Waals surface area contributed by atoms with Crippen LogP contribution in [-0.2, 0) is 62.3 Å². The second-order valence-corrected chi connectivity index (χ2v) is 34.0. The minimum atomic E-state index is -5.02. The first-order valence-corrected chi connectivity index (χ1v) is 40.0. The van der Waals surface area contributed by atoms with Crippen LogP contribution in [0, 0.1) is 47.3 Å². The largest absolute Gasteiger partial charge is 0.522 e. The molecule has 6 rings (SSSR count). The molecule has 4 aliphatic carbocycles. The fourth-order valence-corrected chi connectivity index (χ4v) is 17.6. The van der Waals surface area contributed by atoms with E-state index < -0.39 is 197 Å². The lowest BCUT2D eigenvalue weighted by Gasteiger charge is -2.45. The first-order chi connectivity index (χ1) is 50.8. The number of amides is 12. The third-order valence-corrected chi connectivity index (χ3v) is 25.4. The molecule has 6 fully saturated rings. The summed E-state index contributed by atoms with van der Waals surface area (Å²) < 4.78 is 88.8. The van der Waals surface area contributed by atoms with Gasteiger partial charge in [0.25, 0.3) is 0 Å². The van der Waals surface area contributed by atoms with E-state index in [4.69, 9.17) is 11.6 Å². The third kappa shape index (κ3) is 23.3. The molecule has 2 saturated heterocycles. The monoisotopic (exact) mass is 1570 g/mol. The second-order valence-electron chi connectivity index (χ2n) is 33.4. The van der Waals surface area contributed by atoms with E-state index >= 15 is 28.8 Å². The summed E-state index contributed by atoms with van der Waals surface area (Å²) in [7, 11) is 12.4. The van der Waals surface area contributed by atoms with E-state index in [1.807, 2.05) is 20.8 Å². The molecule has 16 atom stereocenters. The van der Waals surface area contributed by atoms with Gasteiger partial charge in [0.2, 0.25) is 70.9 Å². The topological polar surface area (TPSA) is 279 Å². The molecule has 0 bridgehead atoms. The van der Waals surface area contributed by atoms with E-state index in [-0.39, 0.29) is 121 Å². The van der Waals surface area contributed by atoms with Crippen LogP contribution in [0.5, 0.6) is 0 Å². The van der Waals surface area contributed by atoms with Gasteiger partial charge >= 0.3 is 12.5 Å². The van der Waals surface area contributed by atoms with E-state index in [9.17, 15) is 55.1 Å². The Balaban J connectivity index is 1.50. The molecule has 12 amide bonds. The maximum Gasteiger partial charge on any atom is 0.522 e. The Labute approximate surface area is 645 Å². The van der Waals surface area contributed by atoms with Gasteiger partial charge in [0, 0.05) is 75.4 Å². The lowest BCUT2D eigenvalue weighted by Crippen LogP contribution is -2.65. The minimum Gasteiger partial charge on any atom is -0.347 e. The fourth-order valence-electron chi connectivity index (χ4n) is 17.1. The molecule has 25 nitrogen and oxygen atoms in total. The highest BCUT2D eigenvalue weighted by Gasteiger charge is 2.53. The Morgan fingerprint density at radius 3 is 1.75 bits per heavy atom. The Morgan fingerprint density at radius 1 is 0.606 bits per heavy atom. The maximum absolute atomic E-state index is 15.8. The lowest BCUT2D eigenvalue weighted by atomic mass is 9.78. The van der Waals surface area contributed by atoms with Crippen molar-refractivity contribution in [1.82, 2.24) is 60.0 Å². The Kier molecular flexibility index (Phi) is 32.9. The zero-order valence-electron chi connectivity index (χ0n) is 67.3. The standard InChI is InChI=1S/C77H125ClF6N12O13/c1-18-46(6)63-72(106)90(12)48(8)67(101)96-36-33-56(96)71(105)93(15)59(40-50-27-25-45(5)26-28-50)70(104)89(11)43-61(97)85-55(32-30-49-29-31-53(54(78)39-49)76(79,80)81)68(102)92(14)58(41-51-23-22-24-52(38-51)109-77(82,83)84)66(100)87-75(34-20-21-35-75)74(108)95(17)64(47(7)19-2)73(107)94(16)60(69(103)88(9)10)42-62(98)91(13)57(37-44(3)4)65(99)86-63/h44-60,63-64H,18-43H2,1-17H3,(H,85,97)(H,86,99)(H,87,100)/t45?,46-,47-,48-,49?,50?,51?,52?,53?,54?,55-,56-,57-,58-,59-,60-,63-,64-/m0/s1. The quantitative estimate of drug-likeness (QED) is 0.103. The molecule has 0 aromatic heterocycles. The predicted molar refractivity (Wildman–Crippen MR) is 397 cm³/mol. The normalized spacial score (nSPS) is 31.8. The first-order valence-electron chi connectivity index (χ1n) is 39.5. The molecule has 0 aromatic carbocycles. The summed E-state index contributed by atoms with van der Waals surface area (Å²) in [5, 5.41) is 7.33. The molecule has 32 heteroatoms. The number of likely N-dealkylation sites (N-methyl/N-ethyl adjacent to an activating group) is 8. The van der Waals surface area contributed by atoms with Crippen LogP contribution in [0.4, 0.5) is 26.3 Å². The van der Waals surface area contributed by atoms with Gasteiger partial charge < -0.3 is 60.0 Å². The van der Waals surface area contributed by atoms with Gasteiger partial charge in [-0.2, -0.15) is 13.2 Å². The maximum atomic E-state index is 15.8. The molecular formula is C77H125ClF6N12O13. The van der Waals surface area contributed by atoms with Gasteiger partial charge in [0.15, 0.2) is 0 Å². The Hall–Kier alpha value is -6.53. The van der Waals surface area contributed by atoms with Gasteiger partial charge in [-0.25, -0.2) is 0 Å². The number of hydrogen-bond acceptors (Lipinski definition) is 13.